The van der Waals surface area contributed by atoms with E-state index in [1.807, 2.05) is 0 Å². The predicted octanol–water partition coefficient (Wildman–Crippen LogP) is 5.52. The van der Waals surface area contributed by atoms with Crippen LogP contribution in [0.3, 0.4) is 0 Å². The fourth-order valence-corrected chi connectivity index (χ4v) is 4.13. The van der Waals surface area contributed by atoms with Crippen LogP contribution in [0.1, 0.15) is 34.1 Å². The monoisotopic (exact) mass is 298 g/mol. The molecule has 2 heteroatoms. The predicted molar refractivity (Wildman–Crippen MR) is 84.4 cm³/mol. The van der Waals surface area contributed by atoms with Gasteiger partial charge in [0.15, 0.2) is 0 Å². The summed E-state index contributed by atoms with van der Waals surface area (Å²) in [5, 5.41) is 0. The van der Waals surface area contributed by atoms with Gasteiger partial charge in [-0.1, -0.05) is 78.3 Å². The fourth-order valence-electron chi connectivity index (χ4n) is 3.67. The summed E-state index contributed by atoms with van der Waals surface area (Å²) < 4.78 is 0.342. The fraction of sp³-hybridized carbons (Fsp3) is 0.111. The van der Waals surface area contributed by atoms with Gasteiger partial charge in [-0.15, -0.1) is 0 Å². The van der Waals surface area contributed by atoms with Crippen molar-refractivity contribution in [2.75, 3.05) is 0 Å². The Morgan fingerprint density at radius 2 is 1.15 bits per heavy atom. The minimum absolute atomic E-state index is 0.116. The molecule has 3 aliphatic carbocycles. The van der Waals surface area contributed by atoms with Gasteiger partial charge in [0.2, 0.25) is 0 Å². The maximum Gasteiger partial charge on any atom is 0.111 e. The van der Waals surface area contributed by atoms with E-state index in [0.717, 1.165) is 11.1 Å². The van der Waals surface area contributed by atoms with Crippen molar-refractivity contribution < 1.29 is 0 Å². The largest absolute Gasteiger partial charge is 0.111 e. The average Bonchev–Trinajstić information content (AvgIpc) is 2.47. The number of allylic oxidation sites excluding steroid dienone is 2. The van der Waals surface area contributed by atoms with Crippen molar-refractivity contribution in [1.82, 2.24) is 0 Å². The van der Waals surface area contributed by atoms with Gasteiger partial charge in [-0.05, 0) is 33.4 Å². The van der Waals surface area contributed by atoms with Crippen LogP contribution in [-0.2, 0) is 0 Å². The Hall–Kier alpha value is -1.50. The highest BCUT2D eigenvalue weighted by molar-refractivity contribution is 6.56. The molecule has 0 aliphatic heterocycles. The molecule has 0 fully saturated rings. The molecule has 2 bridgehead atoms. The van der Waals surface area contributed by atoms with Crippen molar-refractivity contribution >= 4 is 23.2 Å². The second kappa shape index (κ2) is 4.25. The highest BCUT2D eigenvalue weighted by atomic mass is 35.5. The van der Waals surface area contributed by atoms with Gasteiger partial charge in [-0.3, -0.25) is 0 Å². The van der Waals surface area contributed by atoms with Crippen molar-refractivity contribution in [3.05, 3.63) is 93.0 Å². The molecule has 0 radical (unpaired) electrons. The average molecular weight is 299 g/mol. The van der Waals surface area contributed by atoms with Gasteiger partial charge < -0.3 is 0 Å². The van der Waals surface area contributed by atoms with Gasteiger partial charge in [-0.25, -0.2) is 0 Å². The molecule has 0 saturated heterocycles. The van der Waals surface area contributed by atoms with E-state index in [2.05, 4.69) is 55.1 Å². The summed E-state index contributed by atoms with van der Waals surface area (Å²) in [5.41, 5.74) is 7.29. The van der Waals surface area contributed by atoms with Crippen LogP contribution in [0.4, 0.5) is 0 Å². The van der Waals surface area contributed by atoms with E-state index in [-0.39, 0.29) is 11.8 Å². The first-order valence-corrected chi connectivity index (χ1v) is 7.37. The van der Waals surface area contributed by atoms with Crippen LogP contribution in [0.2, 0.25) is 0 Å². The zero-order valence-corrected chi connectivity index (χ0v) is 12.2. The van der Waals surface area contributed by atoms with Crippen molar-refractivity contribution in [3.8, 4) is 0 Å². The first kappa shape index (κ1) is 12.3. The Morgan fingerprint density at radius 3 is 1.55 bits per heavy atom. The second-order valence-corrected chi connectivity index (χ2v) is 6.27. The first-order chi connectivity index (χ1) is 9.70. The molecule has 0 N–H and O–H groups in total. The lowest BCUT2D eigenvalue weighted by molar-refractivity contribution is 0.741. The molecule has 0 spiro atoms. The number of fused-ring (bicyclic) bond motifs is 1. The van der Waals surface area contributed by atoms with E-state index in [1.54, 1.807) is 0 Å². The van der Waals surface area contributed by atoms with E-state index in [9.17, 15) is 0 Å². The maximum atomic E-state index is 6.16. The van der Waals surface area contributed by atoms with Gasteiger partial charge in [0.1, 0.15) is 4.49 Å². The zero-order chi connectivity index (χ0) is 13.9. The molecule has 20 heavy (non-hydrogen) atoms. The van der Waals surface area contributed by atoms with E-state index in [0.29, 0.717) is 4.49 Å². The van der Waals surface area contributed by atoms with E-state index < -0.39 is 0 Å². The summed E-state index contributed by atoms with van der Waals surface area (Å²) in [6, 6.07) is 17.0. The molecule has 0 unspecified atom stereocenters. The zero-order valence-electron chi connectivity index (χ0n) is 10.7. The molecule has 3 aliphatic rings. The van der Waals surface area contributed by atoms with Crippen LogP contribution in [-0.4, -0.2) is 0 Å². The third kappa shape index (κ3) is 1.44. The molecule has 98 valence electrons. The van der Waals surface area contributed by atoms with Gasteiger partial charge in [-0.2, -0.15) is 0 Å². The van der Waals surface area contributed by atoms with Crippen LogP contribution < -0.4 is 0 Å². The van der Waals surface area contributed by atoms with E-state index in [4.69, 9.17) is 23.2 Å². The summed E-state index contributed by atoms with van der Waals surface area (Å²) in [7, 11) is 0. The molecule has 0 nitrogen and oxygen atoms in total. The molecule has 0 aromatic heterocycles. The number of benzene rings is 2. The molecule has 0 amide bonds. The lowest BCUT2D eigenvalue weighted by Gasteiger charge is -2.43. The summed E-state index contributed by atoms with van der Waals surface area (Å²) in [6.45, 7) is 4.27. The normalized spacial score (nSPS) is 22.5. The standard InChI is InChI=1S/C18H12Cl2/c1-10-15-11-6-2-4-8-13(11)17(16(10)18(19)20)14-9-5-3-7-12(14)15/h2-9,15,17H,1H2. The number of rotatable bonds is 0. The first-order valence-electron chi connectivity index (χ1n) is 6.62. The SMILES string of the molecule is C=C1C(=C(Cl)Cl)C2c3ccccc3C1c1ccccc12. The van der Waals surface area contributed by atoms with Crippen molar-refractivity contribution in [1.29, 1.82) is 0 Å². The highest BCUT2D eigenvalue weighted by Crippen LogP contribution is 2.58. The van der Waals surface area contributed by atoms with Gasteiger partial charge in [0, 0.05) is 11.8 Å². The third-order valence-electron chi connectivity index (χ3n) is 4.42. The molecule has 2 aromatic carbocycles. The van der Waals surface area contributed by atoms with Crippen LogP contribution >= 0.6 is 23.2 Å². The Labute approximate surface area is 128 Å². The Bertz CT molecular complexity index is 719. The number of hydrogen-bond acceptors (Lipinski definition) is 0. The lowest BCUT2D eigenvalue weighted by Crippen LogP contribution is -2.28. The Balaban J connectivity index is 2.13. The topological polar surface area (TPSA) is 0 Å². The van der Waals surface area contributed by atoms with Crippen LogP contribution in [0.25, 0.3) is 0 Å². The molecular formula is C18H12Cl2. The molecule has 2 aromatic rings. The maximum absolute atomic E-state index is 6.16. The van der Waals surface area contributed by atoms with Gasteiger partial charge in [0.05, 0.1) is 0 Å². The van der Waals surface area contributed by atoms with Crippen LogP contribution in [0.5, 0.6) is 0 Å². The van der Waals surface area contributed by atoms with Crippen molar-refractivity contribution in [3.63, 3.8) is 0 Å². The van der Waals surface area contributed by atoms with Crippen molar-refractivity contribution in [2.45, 2.75) is 11.8 Å². The van der Waals surface area contributed by atoms with E-state index >= 15 is 0 Å². The summed E-state index contributed by atoms with van der Waals surface area (Å²) >= 11 is 12.3. The summed E-state index contributed by atoms with van der Waals surface area (Å²) in [6.07, 6.45) is 0. The van der Waals surface area contributed by atoms with E-state index in [1.165, 1.54) is 22.3 Å². The minimum atomic E-state index is 0.116. The third-order valence-corrected chi connectivity index (χ3v) is 4.83. The summed E-state index contributed by atoms with van der Waals surface area (Å²) in [5.74, 6) is 0.291. The summed E-state index contributed by atoms with van der Waals surface area (Å²) in [4.78, 5) is 0. The number of halogens is 2. The lowest BCUT2D eigenvalue weighted by atomic mass is 9.60. The smallest absolute Gasteiger partial charge is 0.0945 e. The van der Waals surface area contributed by atoms with Crippen LogP contribution in [0, 0.1) is 0 Å². The molecule has 0 saturated carbocycles. The minimum Gasteiger partial charge on any atom is -0.0945 e. The molecule has 0 heterocycles. The Morgan fingerprint density at radius 1 is 0.750 bits per heavy atom. The molecule has 5 rings (SSSR count). The molecular weight excluding hydrogens is 287 g/mol. The quantitative estimate of drug-likeness (QED) is 0.600. The highest BCUT2D eigenvalue weighted by Gasteiger charge is 2.43. The van der Waals surface area contributed by atoms with Crippen LogP contribution in [0.15, 0.2) is 70.7 Å². The molecule has 0 atom stereocenters. The Kier molecular flexibility index (Phi) is 2.60. The van der Waals surface area contributed by atoms with Gasteiger partial charge >= 0.3 is 0 Å². The van der Waals surface area contributed by atoms with Gasteiger partial charge in [0.25, 0.3) is 0 Å². The second-order valence-electron chi connectivity index (χ2n) is 5.32. The number of hydrogen-bond donors (Lipinski definition) is 0. The van der Waals surface area contributed by atoms with Crippen molar-refractivity contribution in [2.24, 2.45) is 0 Å².